The van der Waals surface area contributed by atoms with Gasteiger partial charge in [0.1, 0.15) is 11.6 Å². The monoisotopic (exact) mass is 946 g/mol. The van der Waals surface area contributed by atoms with E-state index in [0.29, 0.717) is 27.7 Å². The molecule has 65 heavy (non-hydrogen) atoms. The third-order valence-electron chi connectivity index (χ3n) is 9.29. The third-order valence-corrected chi connectivity index (χ3v) is 9.68. The minimum atomic E-state index is -4.47. The molecule has 2 aliphatic rings. The summed E-state index contributed by atoms with van der Waals surface area (Å²) in [5.74, 6) is -0.739. The molecule has 12 nitrogen and oxygen atoms in total. The predicted molar refractivity (Wildman–Crippen MR) is 229 cm³/mol. The number of aliphatic imine (C=N–C) groups is 1. The molecule has 2 aromatic heterocycles. The molecule has 0 aliphatic carbocycles. The van der Waals surface area contributed by atoms with E-state index in [-0.39, 0.29) is 43.2 Å². The Morgan fingerprint density at radius 2 is 1.25 bits per heavy atom. The third kappa shape index (κ3) is 13.3. The number of hydrazone groups is 2. The van der Waals surface area contributed by atoms with Crippen LogP contribution in [0.3, 0.4) is 0 Å². The molecule has 8 rings (SSSR count). The van der Waals surface area contributed by atoms with Gasteiger partial charge in [-0.15, -0.1) is 0 Å². The average Bonchev–Trinajstić information content (AvgIpc) is 3.91. The fourth-order valence-corrected chi connectivity index (χ4v) is 6.61. The Morgan fingerprint density at radius 1 is 0.738 bits per heavy atom. The molecule has 4 aromatic carbocycles. The second-order valence-electron chi connectivity index (χ2n) is 13.7. The van der Waals surface area contributed by atoms with E-state index in [1.165, 1.54) is 42.6 Å². The number of amides is 2. The minimum Gasteiger partial charge on any atom is -0.310 e. The SMILES string of the molecule is C.Fc1cccc(C2=NNCCC2n2cc(Cl)cn2)c1.O=C(Nc1ccc(C(F)(F)F)cc1)N1CCC(n2cc(Cl)cn2)C(c2cccc(F)c2)=N1.O=C=Nc1ccc(C(F)(F)F)cc1. The Kier molecular flexibility index (Phi) is 16.4. The van der Waals surface area contributed by atoms with Gasteiger partial charge in [0.15, 0.2) is 0 Å². The highest BCUT2D eigenvalue weighted by atomic mass is 35.5. The van der Waals surface area contributed by atoms with Crippen molar-refractivity contribution in [2.75, 3.05) is 18.4 Å². The molecule has 4 heterocycles. The Hall–Kier alpha value is -6.89. The highest BCUT2D eigenvalue weighted by Crippen LogP contribution is 2.32. The van der Waals surface area contributed by atoms with Crippen LogP contribution in [0.15, 0.2) is 137 Å². The number of nitrogens with zero attached hydrogens (tertiary/aromatic N) is 8. The molecule has 6 aromatic rings. The molecule has 0 spiro atoms. The van der Waals surface area contributed by atoms with Gasteiger partial charge in [-0.05, 0) is 85.6 Å². The molecule has 2 aliphatic heterocycles. The number of benzene rings is 4. The van der Waals surface area contributed by atoms with Crippen molar-refractivity contribution < 1.29 is 44.7 Å². The van der Waals surface area contributed by atoms with Crippen LogP contribution in [-0.2, 0) is 17.1 Å². The van der Waals surface area contributed by atoms with E-state index in [4.69, 9.17) is 23.2 Å². The van der Waals surface area contributed by atoms with E-state index >= 15 is 0 Å². The first-order chi connectivity index (χ1) is 30.5. The molecular weight excluding hydrogens is 911 g/mol. The Labute approximate surface area is 375 Å². The molecule has 22 heteroatoms. The summed E-state index contributed by atoms with van der Waals surface area (Å²) < 4.78 is 105. The molecule has 2 N–H and O–H groups in total. The summed E-state index contributed by atoms with van der Waals surface area (Å²) in [5, 5.41) is 21.8. The Bertz CT molecular complexity index is 2660. The lowest BCUT2D eigenvalue weighted by Crippen LogP contribution is -2.39. The first kappa shape index (κ1) is 49.1. The maximum atomic E-state index is 13.8. The van der Waals surface area contributed by atoms with Gasteiger partial charge < -0.3 is 10.7 Å². The topological polar surface area (TPSA) is 134 Å². The van der Waals surface area contributed by atoms with Crippen LogP contribution < -0.4 is 10.7 Å². The van der Waals surface area contributed by atoms with E-state index in [9.17, 15) is 44.7 Å². The van der Waals surface area contributed by atoms with Crippen molar-refractivity contribution in [3.8, 4) is 0 Å². The fraction of sp³-hybridized carbons (Fsp3) is 0.209. The zero-order valence-corrected chi connectivity index (χ0v) is 34.2. The quantitative estimate of drug-likeness (QED) is 0.0974. The van der Waals surface area contributed by atoms with Crippen molar-refractivity contribution in [3.63, 3.8) is 0 Å². The van der Waals surface area contributed by atoms with Crippen molar-refractivity contribution >= 4 is 58.1 Å². The van der Waals surface area contributed by atoms with Gasteiger partial charge in [0, 0.05) is 42.3 Å². The number of halogens is 10. The number of anilines is 1. The van der Waals surface area contributed by atoms with Gasteiger partial charge in [0.05, 0.1) is 62.8 Å². The first-order valence-electron chi connectivity index (χ1n) is 18.8. The number of carbonyl (C=O) groups is 1. The summed E-state index contributed by atoms with van der Waals surface area (Å²) in [4.78, 5) is 25.6. The number of hydrogen-bond donors (Lipinski definition) is 2. The van der Waals surface area contributed by atoms with Gasteiger partial charge in [0.2, 0.25) is 6.08 Å². The summed E-state index contributed by atoms with van der Waals surface area (Å²) >= 11 is 11.9. The molecule has 2 unspecified atom stereocenters. The first-order valence-corrected chi connectivity index (χ1v) is 19.5. The largest absolute Gasteiger partial charge is 0.416 e. The Balaban J connectivity index is 0.000000203. The van der Waals surface area contributed by atoms with E-state index in [2.05, 4.69) is 36.1 Å². The number of alkyl halides is 6. The molecule has 0 radical (unpaired) electrons. The predicted octanol–water partition coefficient (Wildman–Crippen LogP) is 11.5. The van der Waals surface area contributed by atoms with Crippen LogP contribution in [0.5, 0.6) is 0 Å². The number of urea groups is 1. The molecule has 2 amide bonds. The normalized spacial score (nSPS) is 15.8. The molecule has 0 fully saturated rings. The van der Waals surface area contributed by atoms with Gasteiger partial charge in [-0.1, -0.05) is 54.9 Å². The zero-order chi connectivity index (χ0) is 46.0. The van der Waals surface area contributed by atoms with Crippen molar-refractivity contribution in [1.29, 1.82) is 0 Å². The van der Waals surface area contributed by atoms with Crippen molar-refractivity contribution in [1.82, 2.24) is 30.0 Å². The highest BCUT2D eigenvalue weighted by Gasteiger charge is 2.32. The second kappa shape index (κ2) is 21.7. The smallest absolute Gasteiger partial charge is 0.310 e. The van der Waals surface area contributed by atoms with E-state index in [0.717, 1.165) is 77.8 Å². The number of carbonyl (C=O) groups excluding carboxylic acids is 2. The lowest BCUT2D eigenvalue weighted by molar-refractivity contribution is -0.138. The van der Waals surface area contributed by atoms with Crippen LogP contribution in [0.2, 0.25) is 10.0 Å². The maximum Gasteiger partial charge on any atom is 0.416 e. The molecule has 0 saturated carbocycles. The molecule has 340 valence electrons. The molecule has 0 saturated heterocycles. The standard InChI is InChI=1S/C21H16ClF4N5O.C13H12ClFN4.C8H4F3NO.CH4/c22-15-11-27-31(12-15)18-8-9-30(29-19(18)13-2-1-3-16(23)10-13)20(32)28-17-6-4-14(5-7-17)21(24,25)26;14-10-7-17-19(8-10)12-4-5-16-18-13(12)9-2-1-3-11(15)6-9;9-8(10,11)6-1-3-7(4-2-6)12-5-13;/h1-7,10-12,18H,8-9H2,(H,28,32);1-3,6-8,12,16H,4-5H2;1-4H;1H4. The summed E-state index contributed by atoms with van der Waals surface area (Å²) in [5.41, 5.74) is 4.10. The van der Waals surface area contributed by atoms with Gasteiger partial charge in [-0.25, -0.2) is 23.4 Å². The molecule has 0 bridgehead atoms. The number of aromatic nitrogens is 4. The van der Waals surface area contributed by atoms with E-state index in [1.54, 1.807) is 40.1 Å². The number of isocyanates is 1. The van der Waals surface area contributed by atoms with E-state index in [1.807, 2.05) is 6.07 Å². The summed E-state index contributed by atoms with van der Waals surface area (Å²) in [7, 11) is 0. The fourth-order valence-electron chi connectivity index (χ4n) is 6.33. The van der Waals surface area contributed by atoms with Gasteiger partial charge >= 0.3 is 18.4 Å². The molecule has 2 atom stereocenters. The lowest BCUT2D eigenvalue weighted by atomic mass is 9.99. The van der Waals surface area contributed by atoms with Gasteiger partial charge in [-0.2, -0.15) is 51.7 Å². The average molecular weight is 948 g/mol. The zero-order valence-electron chi connectivity index (χ0n) is 32.7. The minimum absolute atomic E-state index is 0. The van der Waals surface area contributed by atoms with Crippen LogP contribution in [0.25, 0.3) is 0 Å². The summed E-state index contributed by atoms with van der Waals surface area (Å²) in [6.07, 6.45) is 0.0704. The highest BCUT2D eigenvalue weighted by molar-refractivity contribution is 6.30. The number of rotatable bonds is 6. The van der Waals surface area contributed by atoms with Crippen LogP contribution in [-0.4, -0.2) is 61.2 Å². The van der Waals surface area contributed by atoms with Crippen LogP contribution in [0, 0.1) is 11.6 Å². The number of nitrogens with one attached hydrogen (secondary N) is 2. The van der Waals surface area contributed by atoms with Gasteiger partial charge in [0.25, 0.3) is 0 Å². The maximum absolute atomic E-state index is 13.8. The van der Waals surface area contributed by atoms with Gasteiger partial charge in [-0.3, -0.25) is 9.36 Å². The number of hydrogen-bond acceptors (Lipinski definition) is 8. The lowest BCUT2D eigenvalue weighted by Gasteiger charge is -2.30. The van der Waals surface area contributed by atoms with Crippen LogP contribution >= 0.6 is 23.2 Å². The summed E-state index contributed by atoms with van der Waals surface area (Å²) in [6, 6.07) is 19.2. The molecular formula is C43H36Cl2F8N10O2. The van der Waals surface area contributed by atoms with Crippen molar-refractivity contribution in [3.05, 3.63) is 166 Å². The van der Waals surface area contributed by atoms with Crippen molar-refractivity contribution in [2.24, 2.45) is 15.2 Å². The van der Waals surface area contributed by atoms with Crippen LogP contribution in [0.4, 0.5) is 51.3 Å². The second-order valence-corrected chi connectivity index (χ2v) is 14.5. The summed E-state index contributed by atoms with van der Waals surface area (Å²) in [6.45, 7) is 0.953. The van der Waals surface area contributed by atoms with Crippen LogP contribution in [0.1, 0.15) is 54.6 Å². The Morgan fingerprint density at radius 3 is 1.72 bits per heavy atom. The van der Waals surface area contributed by atoms with Crippen molar-refractivity contribution in [2.45, 2.75) is 44.7 Å². The van der Waals surface area contributed by atoms with E-state index < -0.39 is 35.3 Å².